The van der Waals surface area contributed by atoms with Gasteiger partial charge < -0.3 is 4.74 Å². The third-order valence-electron chi connectivity index (χ3n) is 3.29. The van der Waals surface area contributed by atoms with E-state index in [1.165, 1.54) is 0 Å². The van der Waals surface area contributed by atoms with E-state index < -0.39 is 35.4 Å². The first kappa shape index (κ1) is 14.9. The molecule has 1 aromatic carbocycles. The highest BCUT2D eigenvalue weighted by Gasteiger charge is 2.45. The van der Waals surface area contributed by atoms with Gasteiger partial charge in [0, 0.05) is 12.0 Å². The summed E-state index contributed by atoms with van der Waals surface area (Å²) in [6, 6.07) is 8.18. The minimum Gasteiger partial charge on any atom is -0.465 e. The van der Waals surface area contributed by atoms with Crippen molar-refractivity contribution in [1.29, 1.82) is 0 Å². The molecule has 2 amide bonds. The highest BCUT2D eigenvalue weighted by Crippen LogP contribution is 2.26. The van der Waals surface area contributed by atoms with E-state index in [1.54, 1.807) is 37.3 Å². The fourth-order valence-electron chi connectivity index (χ4n) is 2.31. The number of benzene rings is 1. The number of Topliss-reactive ketones (excluding diaryl/α,β-unsaturated/α-hetero) is 1. The van der Waals surface area contributed by atoms with Gasteiger partial charge in [-0.15, -0.1) is 0 Å². The molecule has 0 aromatic heterocycles. The van der Waals surface area contributed by atoms with Crippen molar-refractivity contribution in [2.24, 2.45) is 11.8 Å². The number of nitrogens with one attached hydrogen (secondary N) is 1. The number of imide groups is 1. The maximum absolute atomic E-state index is 12.5. The molecule has 1 aliphatic rings. The number of rotatable bonds is 5. The Morgan fingerprint density at radius 1 is 1.29 bits per heavy atom. The van der Waals surface area contributed by atoms with E-state index in [0.29, 0.717) is 5.56 Å². The summed E-state index contributed by atoms with van der Waals surface area (Å²) in [4.78, 5) is 47.7. The topological polar surface area (TPSA) is 89.5 Å². The maximum atomic E-state index is 12.5. The lowest BCUT2D eigenvalue weighted by atomic mass is 9.84. The summed E-state index contributed by atoms with van der Waals surface area (Å²) < 4.78 is 4.89. The van der Waals surface area contributed by atoms with Gasteiger partial charge in [-0.2, -0.15) is 0 Å². The average Bonchev–Trinajstić information content (AvgIpc) is 2.79. The minimum atomic E-state index is -1.29. The number of ketones is 1. The fraction of sp³-hybridized carbons (Fsp3) is 0.333. The quantitative estimate of drug-likeness (QED) is 0.373. The van der Waals surface area contributed by atoms with Gasteiger partial charge in [0.1, 0.15) is 5.92 Å². The molecule has 1 saturated heterocycles. The Kier molecular flexibility index (Phi) is 4.47. The number of carbonyl (C=O) groups is 4. The smallest absolute Gasteiger partial charge is 0.317 e. The molecule has 6 heteroatoms. The Morgan fingerprint density at radius 3 is 2.48 bits per heavy atom. The van der Waals surface area contributed by atoms with Crippen LogP contribution >= 0.6 is 0 Å². The maximum Gasteiger partial charge on any atom is 0.317 e. The molecule has 21 heavy (non-hydrogen) atoms. The normalized spacial score (nSPS) is 19.0. The van der Waals surface area contributed by atoms with Crippen molar-refractivity contribution < 1.29 is 23.9 Å². The van der Waals surface area contributed by atoms with E-state index in [2.05, 4.69) is 5.32 Å². The van der Waals surface area contributed by atoms with Gasteiger partial charge in [0.25, 0.3) is 0 Å². The Bertz CT molecular complexity index is 581. The zero-order valence-corrected chi connectivity index (χ0v) is 11.5. The Hall–Kier alpha value is -2.50. The van der Waals surface area contributed by atoms with Crippen LogP contribution in [0.5, 0.6) is 0 Å². The van der Waals surface area contributed by atoms with E-state index in [1.807, 2.05) is 0 Å². The molecule has 2 atom stereocenters. The minimum absolute atomic E-state index is 0.0969. The second-order valence-electron chi connectivity index (χ2n) is 4.68. The molecule has 0 spiro atoms. The first-order valence-corrected chi connectivity index (χ1v) is 6.64. The monoisotopic (exact) mass is 289 g/mol. The Morgan fingerprint density at radius 2 is 1.95 bits per heavy atom. The summed E-state index contributed by atoms with van der Waals surface area (Å²) in [5.41, 5.74) is 0.308. The van der Waals surface area contributed by atoms with Crippen LogP contribution in [0.4, 0.5) is 0 Å². The van der Waals surface area contributed by atoms with Crippen LogP contribution in [-0.4, -0.2) is 30.2 Å². The summed E-state index contributed by atoms with van der Waals surface area (Å²) in [7, 11) is 0. The molecule has 1 heterocycles. The standard InChI is InChI=1S/C15H15NO5/c1-2-21-15(20)12(10-8-11(17)16-14(10)19)13(18)9-6-4-3-5-7-9/h3-7,10,12H,2,8H2,1H3,(H,16,17,19). The highest BCUT2D eigenvalue weighted by molar-refractivity contribution is 6.14. The predicted octanol–water partition coefficient (Wildman–Crippen LogP) is 0.711. The van der Waals surface area contributed by atoms with Crippen molar-refractivity contribution in [2.45, 2.75) is 13.3 Å². The first-order chi connectivity index (χ1) is 10.0. The molecule has 2 rings (SSSR count). The first-order valence-electron chi connectivity index (χ1n) is 6.64. The number of esters is 1. The molecule has 6 nitrogen and oxygen atoms in total. The van der Waals surface area contributed by atoms with Gasteiger partial charge in [-0.05, 0) is 6.92 Å². The molecule has 0 saturated carbocycles. The highest BCUT2D eigenvalue weighted by atomic mass is 16.5. The van der Waals surface area contributed by atoms with Crippen molar-refractivity contribution >= 4 is 23.6 Å². The number of hydrogen-bond acceptors (Lipinski definition) is 5. The Balaban J connectivity index is 2.32. The van der Waals surface area contributed by atoms with Crippen LogP contribution in [0.15, 0.2) is 30.3 Å². The number of hydrogen-bond donors (Lipinski definition) is 1. The van der Waals surface area contributed by atoms with Gasteiger partial charge in [0.15, 0.2) is 5.78 Å². The zero-order chi connectivity index (χ0) is 15.4. The largest absolute Gasteiger partial charge is 0.465 e. The summed E-state index contributed by atoms with van der Waals surface area (Å²) >= 11 is 0. The van der Waals surface area contributed by atoms with Crippen LogP contribution in [-0.2, 0) is 19.1 Å². The van der Waals surface area contributed by atoms with Crippen LogP contribution in [0.2, 0.25) is 0 Å². The zero-order valence-electron chi connectivity index (χ0n) is 11.5. The molecule has 0 bridgehead atoms. The fourth-order valence-corrected chi connectivity index (χ4v) is 2.31. The van der Waals surface area contributed by atoms with Gasteiger partial charge in [-0.25, -0.2) is 0 Å². The van der Waals surface area contributed by atoms with Crippen molar-refractivity contribution in [3.05, 3.63) is 35.9 Å². The van der Waals surface area contributed by atoms with Gasteiger partial charge >= 0.3 is 5.97 Å². The van der Waals surface area contributed by atoms with Crippen molar-refractivity contribution in [1.82, 2.24) is 5.32 Å². The molecule has 0 aliphatic carbocycles. The van der Waals surface area contributed by atoms with Gasteiger partial charge in [0.05, 0.1) is 12.5 Å². The van der Waals surface area contributed by atoms with E-state index in [9.17, 15) is 19.2 Å². The number of carbonyl (C=O) groups excluding carboxylic acids is 4. The van der Waals surface area contributed by atoms with Crippen LogP contribution in [0.3, 0.4) is 0 Å². The van der Waals surface area contributed by atoms with E-state index >= 15 is 0 Å². The third kappa shape index (κ3) is 3.16. The molecule has 2 unspecified atom stereocenters. The summed E-state index contributed by atoms with van der Waals surface area (Å²) in [6.07, 6.45) is -0.180. The van der Waals surface area contributed by atoms with Crippen LogP contribution in [0, 0.1) is 11.8 Å². The molecular weight excluding hydrogens is 274 g/mol. The van der Waals surface area contributed by atoms with Crippen molar-refractivity contribution in [2.75, 3.05) is 6.61 Å². The molecule has 1 N–H and O–H groups in total. The third-order valence-corrected chi connectivity index (χ3v) is 3.29. The van der Waals surface area contributed by atoms with E-state index in [0.717, 1.165) is 0 Å². The Labute approximate surface area is 121 Å². The van der Waals surface area contributed by atoms with Crippen molar-refractivity contribution in [3.63, 3.8) is 0 Å². The summed E-state index contributed by atoms with van der Waals surface area (Å²) in [6.45, 7) is 1.71. The van der Waals surface area contributed by atoms with E-state index in [4.69, 9.17) is 4.74 Å². The SMILES string of the molecule is CCOC(=O)C(C(=O)c1ccccc1)C1CC(=O)NC1=O. The summed E-state index contributed by atoms with van der Waals surface area (Å²) in [5.74, 6) is -4.68. The molecule has 1 fully saturated rings. The molecule has 0 radical (unpaired) electrons. The average molecular weight is 289 g/mol. The van der Waals surface area contributed by atoms with Crippen LogP contribution in [0.1, 0.15) is 23.7 Å². The number of amides is 2. The predicted molar refractivity (Wildman–Crippen MR) is 72.2 cm³/mol. The molecular formula is C15H15NO5. The lowest BCUT2D eigenvalue weighted by Crippen LogP contribution is -2.37. The molecule has 110 valence electrons. The van der Waals surface area contributed by atoms with Gasteiger partial charge in [-0.1, -0.05) is 30.3 Å². The number of ether oxygens (including phenoxy) is 1. The van der Waals surface area contributed by atoms with Gasteiger partial charge in [-0.3, -0.25) is 24.5 Å². The second-order valence-corrected chi connectivity index (χ2v) is 4.68. The second kappa shape index (κ2) is 6.30. The van der Waals surface area contributed by atoms with Crippen LogP contribution in [0.25, 0.3) is 0 Å². The lowest BCUT2D eigenvalue weighted by Gasteiger charge is -2.18. The van der Waals surface area contributed by atoms with Crippen molar-refractivity contribution in [3.8, 4) is 0 Å². The lowest BCUT2D eigenvalue weighted by molar-refractivity contribution is -0.149. The van der Waals surface area contributed by atoms with Gasteiger partial charge in [0.2, 0.25) is 11.8 Å². The van der Waals surface area contributed by atoms with E-state index in [-0.39, 0.29) is 13.0 Å². The van der Waals surface area contributed by atoms with Crippen LogP contribution < -0.4 is 5.32 Å². The molecule has 1 aliphatic heterocycles. The molecule has 1 aromatic rings. The summed E-state index contributed by atoms with van der Waals surface area (Å²) in [5, 5.41) is 2.11.